The van der Waals surface area contributed by atoms with Crippen LogP contribution in [-0.4, -0.2) is 54.8 Å². The molecular weight excluding hydrogens is 452 g/mol. The first kappa shape index (κ1) is 25.7. The van der Waals surface area contributed by atoms with Gasteiger partial charge in [0.15, 0.2) is 11.5 Å². The van der Waals surface area contributed by atoms with Crippen molar-refractivity contribution in [2.75, 3.05) is 44.1 Å². The van der Waals surface area contributed by atoms with Crippen molar-refractivity contribution in [2.24, 2.45) is 5.92 Å². The molecule has 1 saturated heterocycles. The largest absolute Gasteiger partial charge is 0.493 e. The van der Waals surface area contributed by atoms with E-state index in [4.69, 9.17) is 19.4 Å². The molecule has 8 heteroatoms. The molecule has 2 N–H and O–H groups in total. The lowest BCUT2D eigenvalue weighted by atomic mass is 9.89. The molecule has 1 aromatic carbocycles. The molecule has 1 aliphatic heterocycles. The van der Waals surface area contributed by atoms with E-state index < -0.39 is 0 Å². The smallest absolute Gasteiger partial charge is 0.227 e. The molecule has 2 unspecified atom stereocenters. The first-order valence-electron chi connectivity index (χ1n) is 12.7. The van der Waals surface area contributed by atoms with Crippen LogP contribution >= 0.6 is 0 Å². The molecule has 0 radical (unpaired) electrons. The fourth-order valence-electron chi connectivity index (χ4n) is 4.50. The molecule has 0 saturated carbocycles. The summed E-state index contributed by atoms with van der Waals surface area (Å²) in [7, 11) is 3.33. The molecule has 8 nitrogen and oxygen atoms in total. The molecule has 1 aliphatic rings. The van der Waals surface area contributed by atoms with Crippen molar-refractivity contribution in [1.29, 1.82) is 0 Å². The summed E-state index contributed by atoms with van der Waals surface area (Å²) in [6.07, 6.45) is 4.77. The number of piperazine rings is 1. The number of benzene rings is 1. The van der Waals surface area contributed by atoms with Crippen molar-refractivity contribution in [2.45, 2.75) is 46.1 Å². The number of pyridine rings is 1. The second-order valence-corrected chi connectivity index (χ2v) is 9.63. The van der Waals surface area contributed by atoms with Crippen LogP contribution in [0.1, 0.15) is 45.6 Å². The lowest BCUT2D eigenvalue weighted by Crippen LogP contribution is -2.50. The van der Waals surface area contributed by atoms with Crippen LogP contribution in [0.15, 0.2) is 42.7 Å². The van der Waals surface area contributed by atoms with Gasteiger partial charge >= 0.3 is 0 Å². The molecule has 3 heterocycles. The Morgan fingerprint density at radius 1 is 1.11 bits per heavy atom. The minimum atomic E-state index is 0.288. The summed E-state index contributed by atoms with van der Waals surface area (Å²) in [5, 5.41) is 6.91. The number of nitrogens with zero attached hydrogens (tertiary/aromatic N) is 4. The predicted molar refractivity (Wildman–Crippen MR) is 146 cm³/mol. The van der Waals surface area contributed by atoms with Gasteiger partial charge in [-0.25, -0.2) is 15.0 Å². The van der Waals surface area contributed by atoms with E-state index in [9.17, 15) is 0 Å². The van der Waals surface area contributed by atoms with Crippen molar-refractivity contribution < 1.29 is 9.47 Å². The third-order valence-electron chi connectivity index (χ3n) is 7.03. The zero-order chi connectivity index (χ0) is 25.7. The lowest BCUT2D eigenvalue weighted by molar-refractivity contribution is 0.347. The third-order valence-corrected chi connectivity index (χ3v) is 7.03. The van der Waals surface area contributed by atoms with E-state index in [0.717, 1.165) is 60.1 Å². The van der Waals surface area contributed by atoms with Crippen molar-refractivity contribution in [3.63, 3.8) is 0 Å². The molecule has 2 aromatic heterocycles. The Balaban J connectivity index is 1.56. The normalized spacial score (nSPS) is 16.6. The van der Waals surface area contributed by atoms with Crippen LogP contribution in [0.4, 0.5) is 17.5 Å². The van der Waals surface area contributed by atoms with E-state index in [2.05, 4.69) is 66.4 Å². The summed E-state index contributed by atoms with van der Waals surface area (Å²) in [4.78, 5) is 16.3. The zero-order valence-electron chi connectivity index (χ0n) is 22.2. The molecule has 1 fully saturated rings. The number of nitrogens with one attached hydrogen (secondary N) is 2. The zero-order valence-corrected chi connectivity index (χ0v) is 22.2. The molecule has 36 heavy (non-hydrogen) atoms. The minimum Gasteiger partial charge on any atom is -0.493 e. The van der Waals surface area contributed by atoms with Crippen molar-refractivity contribution in [3.8, 4) is 22.8 Å². The van der Waals surface area contributed by atoms with Crippen LogP contribution < -0.4 is 25.0 Å². The number of anilines is 3. The second-order valence-electron chi connectivity index (χ2n) is 9.63. The molecule has 0 spiro atoms. The molecule has 0 aliphatic carbocycles. The summed E-state index contributed by atoms with van der Waals surface area (Å²) >= 11 is 0. The Labute approximate surface area is 214 Å². The molecule has 192 valence electrons. The van der Waals surface area contributed by atoms with E-state index in [1.54, 1.807) is 20.4 Å². The summed E-state index contributed by atoms with van der Waals surface area (Å²) < 4.78 is 11.3. The average Bonchev–Trinajstić information content (AvgIpc) is 2.92. The van der Waals surface area contributed by atoms with E-state index in [-0.39, 0.29) is 5.92 Å². The van der Waals surface area contributed by atoms with Gasteiger partial charge in [0.1, 0.15) is 5.82 Å². The van der Waals surface area contributed by atoms with Crippen molar-refractivity contribution in [3.05, 3.63) is 48.3 Å². The van der Waals surface area contributed by atoms with Crippen LogP contribution in [-0.2, 0) is 0 Å². The highest BCUT2D eigenvalue weighted by Crippen LogP contribution is 2.41. The number of aromatic nitrogens is 3. The van der Waals surface area contributed by atoms with Crippen LogP contribution in [0.3, 0.4) is 0 Å². The van der Waals surface area contributed by atoms with Gasteiger partial charge in [0, 0.05) is 61.0 Å². The number of rotatable bonds is 9. The van der Waals surface area contributed by atoms with E-state index >= 15 is 0 Å². The van der Waals surface area contributed by atoms with Gasteiger partial charge in [-0.2, -0.15) is 0 Å². The van der Waals surface area contributed by atoms with E-state index in [1.165, 1.54) is 0 Å². The SMILES string of the molecule is CCC1CN(c2ccc(-c3ccnc(Nc4cc(OC)c(OC)c(C(C)C(C)C)c4)n3)cn2)CCN1. The number of hydrogen-bond acceptors (Lipinski definition) is 8. The lowest BCUT2D eigenvalue weighted by Gasteiger charge is -2.34. The van der Waals surface area contributed by atoms with Gasteiger partial charge in [-0.3, -0.25) is 0 Å². The summed E-state index contributed by atoms with van der Waals surface area (Å²) in [6, 6.07) is 10.6. The van der Waals surface area contributed by atoms with Gasteiger partial charge in [-0.1, -0.05) is 27.7 Å². The monoisotopic (exact) mass is 490 g/mol. The fraction of sp³-hybridized carbons (Fsp3) is 0.464. The van der Waals surface area contributed by atoms with Gasteiger partial charge in [-0.05, 0) is 42.5 Å². The highest BCUT2D eigenvalue weighted by molar-refractivity contribution is 5.66. The molecule has 3 aromatic rings. The van der Waals surface area contributed by atoms with Crippen LogP contribution in [0.2, 0.25) is 0 Å². The highest BCUT2D eigenvalue weighted by atomic mass is 16.5. The van der Waals surface area contributed by atoms with Gasteiger partial charge < -0.3 is 25.0 Å². The maximum Gasteiger partial charge on any atom is 0.227 e. The van der Waals surface area contributed by atoms with Crippen LogP contribution in [0.5, 0.6) is 11.5 Å². The Morgan fingerprint density at radius 2 is 1.94 bits per heavy atom. The highest BCUT2D eigenvalue weighted by Gasteiger charge is 2.21. The predicted octanol–water partition coefficient (Wildman–Crippen LogP) is 5.25. The number of hydrogen-bond donors (Lipinski definition) is 2. The van der Waals surface area contributed by atoms with Crippen LogP contribution in [0.25, 0.3) is 11.3 Å². The average molecular weight is 491 g/mol. The van der Waals surface area contributed by atoms with E-state index in [1.807, 2.05) is 18.3 Å². The molecular formula is C28H38N6O2. The van der Waals surface area contributed by atoms with Crippen LogP contribution in [0, 0.1) is 5.92 Å². The van der Waals surface area contributed by atoms with Crippen molar-refractivity contribution in [1.82, 2.24) is 20.3 Å². The number of ether oxygens (including phenoxy) is 2. The van der Waals surface area contributed by atoms with E-state index in [0.29, 0.717) is 23.7 Å². The van der Waals surface area contributed by atoms with Gasteiger partial charge in [0.05, 0.1) is 19.9 Å². The standard InChI is InChI=1S/C28H38N6O2/c1-7-21-17-34(13-12-29-21)26-9-8-20(16-31-26)24-10-11-30-28(33-24)32-22-14-23(19(4)18(2)3)27(36-6)25(15-22)35-5/h8-11,14-16,18-19,21,29H,7,12-13,17H2,1-6H3,(H,30,32,33). The minimum absolute atomic E-state index is 0.288. The molecule has 0 amide bonds. The first-order chi connectivity index (χ1) is 17.4. The molecule has 4 rings (SSSR count). The Kier molecular flexibility index (Phi) is 8.25. The summed E-state index contributed by atoms with van der Waals surface area (Å²) in [5.41, 5.74) is 3.70. The second kappa shape index (κ2) is 11.6. The first-order valence-corrected chi connectivity index (χ1v) is 12.7. The number of methoxy groups -OCH3 is 2. The quantitative estimate of drug-likeness (QED) is 0.421. The third kappa shape index (κ3) is 5.70. The summed E-state index contributed by atoms with van der Waals surface area (Å²) in [6.45, 7) is 11.7. The maximum atomic E-state index is 5.69. The Hall–Kier alpha value is -3.39. The molecule has 0 bridgehead atoms. The van der Waals surface area contributed by atoms with Crippen molar-refractivity contribution >= 4 is 17.5 Å². The van der Waals surface area contributed by atoms with Gasteiger partial charge in [0.25, 0.3) is 0 Å². The summed E-state index contributed by atoms with van der Waals surface area (Å²) in [5.74, 6) is 3.70. The maximum absolute atomic E-state index is 5.69. The topological polar surface area (TPSA) is 84.4 Å². The fourth-order valence-corrected chi connectivity index (χ4v) is 4.50. The Morgan fingerprint density at radius 3 is 2.61 bits per heavy atom. The molecule has 2 atom stereocenters. The Bertz CT molecular complexity index is 1150. The van der Waals surface area contributed by atoms with Gasteiger partial charge in [0.2, 0.25) is 5.95 Å². The van der Waals surface area contributed by atoms with Gasteiger partial charge in [-0.15, -0.1) is 0 Å².